The van der Waals surface area contributed by atoms with Gasteiger partial charge in [-0.05, 0) is 31.5 Å². The van der Waals surface area contributed by atoms with E-state index in [0.717, 1.165) is 28.8 Å². The highest BCUT2D eigenvalue weighted by molar-refractivity contribution is 5.98. The van der Waals surface area contributed by atoms with Gasteiger partial charge in [0.05, 0.1) is 23.9 Å². The van der Waals surface area contributed by atoms with Crippen molar-refractivity contribution in [1.29, 1.82) is 0 Å². The predicted octanol–water partition coefficient (Wildman–Crippen LogP) is 2.66. The molecule has 0 radical (unpaired) electrons. The molecule has 5 heteroatoms. The van der Waals surface area contributed by atoms with Crippen molar-refractivity contribution >= 4 is 16.8 Å². The summed E-state index contributed by atoms with van der Waals surface area (Å²) >= 11 is 0. The summed E-state index contributed by atoms with van der Waals surface area (Å²) in [7, 11) is 5.09. The van der Waals surface area contributed by atoms with E-state index in [1.165, 1.54) is 0 Å². The number of aryl methyl sites for hydroxylation is 1. The summed E-state index contributed by atoms with van der Waals surface area (Å²) in [6.45, 7) is 3.16. The molecule has 0 atom stereocenters. The largest absolute Gasteiger partial charge is 0.497 e. The summed E-state index contributed by atoms with van der Waals surface area (Å²) in [6, 6.07) is 7.56. The van der Waals surface area contributed by atoms with Gasteiger partial charge in [0.15, 0.2) is 0 Å². The molecule has 0 aliphatic heterocycles. The first kappa shape index (κ1) is 16.2. The smallest absolute Gasteiger partial charge is 0.255 e. The number of ether oxygens (including phenoxy) is 2. The van der Waals surface area contributed by atoms with Crippen LogP contribution in [0.3, 0.4) is 0 Å². The maximum atomic E-state index is 12.5. The monoisotopic (exact) mass is 302 g/mol. The first-order valence-electron chi connectivity index (χ1n) is 7.26. The molecule has 0 saturated heterocycles. The van der Waals surface area contributed by atoms with Crippen LogP contribution in [0.2, 0.25) is 0 Å². The minimum atomic E-state index is -0.0150. The van der Waals surface area contributed by atoms with Crippen molar-refractivity contribution in [2.75, 3.05) is 34.4 Å². The number of carbonyl (C=O) groups is 1. The van der Waals surface area contributed by atoms with Crippen LogP contribution in [0.4, 0.5) is 0 Å². The summed E-state index contributed by atoms with van der Waals surface area (Å²) in [6.07, 6.45) is 0.815. The van der Waals surface area contributed by atoms with Gasteiger partial charge in [-0.1, -0.05) is 0 Å². The molecular formula is C17H22N2O3. The molecule has 2 aromatic rings. The van der Waals surface area contributed by atoms with Crippen molar-refractivity contribution in [3.8, 4) is 5.75 Å². The average Bonchev–Trinajstić information content (AvgIpc) is 2.53. The Labute approximate surface area is 130 Å². The van der Waals surface area contributed by atoms with E-state index >= 15 is 0 Å². The van der Waals surface area contributed by atoms with Crippen molar-refractivity contribution < 1.29 is 14.3 Å². The number of hydrogen-bond donors (Lipinski definition) is 0. The molecule has 0 spiro atoms. The molecule has 2 rings (SSSR count). The molecular weight excluding hydrogens is 280 g/mol. The number of fused-ring (bicyclic) bond motifs is 1. The van der Waals surface area contributed by atoms with Crippen LogP contribution in [0, 0.1) is 6.92 Å². The number of methoxy groups -OCH3 is 2. The van der Waals surface area contributed by atoms with Gasteiger partial charge < -0.3 is 14.4 Å². The summed E-state index contributed by atoms with van der Waals surface area (Å²) < 4.78 is 10.2. The highest BCUT2D eigenvalue weighted by Gasteiger charge is 2.16. The van der Waals surface area contributed by atoms with Gasteiger partial charge in [0, 0.05) is 38.8 Å². The van der Waals surface area contributed by atoms with Crippen molar-refractivity contribution in [1.82, 2.24) is 9.88 Å². The minimum absolute atomic E-state index is 0.0150. The third kappa shape index (κ3) is 3.54. The SMILES string of the molecule is COCCCN(C)C(=O)c1cc2ccc(OC)cc2nc1C. The van der Waals surface area contributed by atoms with Crippen LogP contribution in [0.1, 0.15) is 22.5 Å². The number of nitrogens with zero attached hydrogens (tertiary/aromatic N) is 2. The number of benzene rings is 1. The van der Waals surface area contributed by atoms with E-state index in [4.69, 9.17) is 9.47 Å². The summed E-state index contributed by atoms with van der Waals surface area (Å²) in [5.74, 6) is 0.744. The van der Waals surface area contributed by atoms with Crippen LogP contribution in [0.15, 0.2) is 24.3 Å². The molecule has 1 heterocycles. The fourth-order valence-corrected chi connectivity index (χ4v) is 2.34. The molecule has 22 heavy (non-hydrogen) atoms. The van der Waals surface area contributed by atoms with E-state index in [1.54, 1.807) is 26.2 Å². The van der Waals surface area contributed by atoms with Crippen LogP contribution in [-0.2, 0) is 4.74 Å². The molecule has 0 fully saturated rings. The fourth-order valence-electron chi connectivity index (χ4n) is 2.34. The summed E-state index contributed by atoms with van der Waals surface area (Å²) in [4.78, 5) is 18.8. The maximum absolute atomic E-state index is 12.5. The van der Waals surface area contributed by atoms with Crippen LogP contribution < -0.4 is 4.74 Å². The number of rotatable bonds is 6. The highest BCUT2D eigenvalue weighted by atomic mass is 16.5. The van der Waals surface area contributed by atoms with Gasteiger partial charge >= 0.3 is 0 Å². The third-order valence-electron chi connectivity index (χ3n) is 3.63. The van der Waals surface area contributed by atoms with Crippen molar-refractivity contribution in [3.63, 3.8) is 0 Å². The molecule has 1 aromatic carbocycles. The molecule has 0 aliphatic rings. The van der Waals surface area contributed by atoms with Gasteiger partial charge in [-0.15, -0.1) is 0 Å². The lowest BCUT2D eigenvalue weighted by molar-refractivity contribution is 0.0778. The Morgan fingerprint density at radius 1 is 1.27 bits per heavy atom. The Morgan fingerprint density at radius 3 is 2.73 bits per heavy atom. The highest BCUT2D eigenvalue weighted by Crippen LogP contribution is 2.22. The van der Waals surface area contributed by atoms with E-state index in [0.29, 0.717) is 18.7 Å². The molecule has 1 aromatic heterocycles. The number of hydrogen-bond acceptors (Lipinski definition) is 4. The van der Waals surface area contributed by atoms with Crippen molar-refractivity contribution in [3.05, 3.63) is 35.5 Å². The second-order valence-corrected chi connectivity index (χ2v) is 5.25. The Kier molecular flexibility index (Phi) is 5.33. The van der Waals surface area contributed by atoms with Crippen LogP contribution in [0.25, 0.3) is 10.9 Å². The van der Waals surface area contributed by atoms with Gasteiger partial charge in [0.25, 0.3) is 5.91 Å². The maximum Gasteiger partial charge on any atom is 0.255 e. The van der Waals surface area contributed by atoms with E-state index in [9.17, 15) is 4.79 Å². The zero-order valence-electron chi connectivity index (χ0n) is 13.5. The second kappa shape index (κ2) is 7.22. The lowest BCUT2D eigenvalue weighted by Gasteiger charge is -2.18. The standard InChI is InChI=1S/C17H22N2O3/c1-12-15(17(20)19(2)8-5-9-21-3)10-13-6-7-14(22-4)11-16(13)18-12/h6-7,10-11H,5,8-9H2,1-4H3. The average molecular weight is 302 g/mol. The quantitative estimate of drug-likeness (QED) is 0.770. The van der Waals surface area contributed by atoms with Crippen LogP contribution in [-0.4, -0.2) is 50.2 Å². The topological polar surface area (TPSA) is 51.7 Å². The van der Waals surface area contributed by atoms with E-state index in [1.807, 2.05) is 31.2 Å². The lowest BCUT2D eigenvalue weighted by Crippen LogP contribution is -2.29. The second-order valence-electron chi connectivity index (χ2n) is 5.25. The van der Waals surface area contributed by atoms with Crippen LogP contribution in [0.5, 0.6) is 5.75 Å². The lowest BCUT2D eigenvalue weighted by atomic mass is 10.1. The zero-order chi connectivity index (χ0) is 16.1. The summed E-state index contributed by atoms with van der Waals surface area (Å²) in [5.41, 5.74) is 2.19. The minimum Gasteiger partial charge on any atom is -0.497 e. The van der Waals surface area contributed by atoms with Gasteiger partial charge in [-0.25, -0.2) is 0 Å². The summed E-state index contributed by atoms with van der Waals surface area (Å²) in [5, 5.41) is 0.931. The van der Waals surface area contributed by atoms with Gasteiger partial charge in [0.2, 0.25) is 0 Å². The molecule has 0 unspecified atom stereocenters. The van der Waals surface area contributed by atoms with Crippen molar-refractivity contribution in [2.24, 2.45) is 0 Å². The Balaban J connectivity index is 2.27. The number of carbonyl (C=O) groups excluding carboxylic acids is 1. The predicted molar refractivity (Wildman–Crippen MR) is 86.5 cm³/mol. The first-order chi connectivity index (χ1) is 10.6. The van der Waals surface area contributed by atoms with Crippen molar-refractivity contribution in [2.45, 2.75) is 13.3 Å². The molecule has 5 nitrogen and oxygen atoms in total. The third-order valence-corrected chi connectivity index (χ3v) is 3.63. The molecule has 0 aliphatic carbocycles. The number of aromatic nitrogens is 1. The van der Waals surface area contributed by atoms with Gasteiger partial charge in [-0.2, -0.15) is 0 Å². The van der Waals surface area contributed by atoms with Crippen LogP contribution >= 0.6 is 0 Å². The number of pyridine rings is 1. The Morgan fingerprint density at radius 2 is 2.05 bits per heavy atom. The first-order valence-corrected chi connectivity index (χ1v) is 7.26. The van der Waals surface area contributed by atoms with E-state index < -0.39 is 0 Å². The Bertz CT molecular complexity index is 670. The van der Waals surface area contributed by atoms with E-state index in [2.05, 4.69) is 4.98 Å². The Hall–Kier alpha value is -2.14. The normalized spacial score (nSPS) is 10.7. The van der Waals surface area contributed by atoms with E-state index in [-0.39, 0.29) is 5.91 Å². The number of amides is 1. The zero-order valence-corrected chi connectivity index (χ0v) is 13.5. The molecule has 0 N–H and O–H groups in total. The molecule has 118 valence electrons. The van der Waals surface area contributed by atoms with Gasteiger partial charge in [-0.3, -0.25) is 9.78 Å². The fraction of sp³-hybridized carbons (Fsp3) is 0.412. The van der Waals surface area contributed by atoms with Gasteiger partial charge in [0.1, 0.15) is 5.75 Å². The molecule has 1 amide bonds. The molecule has 0 bridgehead atoms. The molecule has 0 saturated carbocycles.